The molecular weight excluding hydrogens is 284 g/mol. The molecule has 0 radical (unpaired) electrons. The number of aryl methyl sites for hydroxylation is 2. The number of carbonyl (C=O) groups is 1. The summed E-state index contributed by atoms with van der Waals surface area (Å²) in [5, 5.41) is 8.13. The van der Waals surface area contributed by atoms with Crippen LogP contribution in [0.1, 0.15) is 21.1 Å². The first-order valence-electron chi connectivity index (χ1n) is 6.76. The fourth-order valence-electron chi connectivity index (χ4n) is 2.23. The van der Waals surface area contributed by atoms with E-state index in [1.807, 2.05) is 32.2 Å². The number of amides is 1. The van der Waals surface area contributed by atoms with E-state index in [9.17, 15) is 4.79 Å². The van der Waals surface area contributed by atoms with Gasteiger partial charge >= 0.3 is 0 Å². The second-order valence-electron chi connectivity index (χ2n) is 4.88. The van der Waals surface area contributed by atoms with Crippen LogP contribution in [-0.2, 0) is 13.5 Å². The molecular formula is C15H16N4OS. The molecule has 6 heteroatoms. The van der Waals surface area contributed by atoms with Crippen LogP contribution in [0.5, 0.6) is 0 Å². The number of aromatic nitrogens is 3. The van der Waals surface area contributed by atoms with E-state index in [1.165, 1.54) is 4.70 Å². The third-order valence-electron chi connectivity index (χ3n) is 3.22. The maximum absolute atomic E-state index is 12.1. The molecule has 5 nitrogen and oxygen atoms in total. The molecule has 21 heavy (non-hydrogen) atoms. The highest BCUT2D eigenvalue weighted by molar-refractivity contribution is 7.18. The lowest BCUT2D eigenvalue weighted by Crippen LogP contribution is -2.25. The first-order chi connectivity index (χ1) is 10.1. The second-order valence-corrected chi connectivity index (χ2v) is 6.00. The molecule has 0 saturated carbocycles. The number of nitrogens with one attached hydrogen (secondary N) is 1. The van der Waals surface area contributed by atoms with Crippen LogP contribution in [0, 0.1) is 6.92 Å². The van der Waals surface area contributed by atoms with E-state index in [-0.39, 0.29) is 5.91 Å². The number of carbonyl (C=O) groups excluding carboxylic acids is 1. The Bertz CT molecular complexity index is 757. The van der Waals surface area contributed by atoms with Crippen LogP contribution in [0.25, 0.3) is 10.2 Å². The highest BCUT2D eigenvalue weighted by atomic mass is 32.1. The van der Waals surface area contributed by atoms with Crippen LogP contribution >= 0.6 is 11.3 Å². The monoisotopic (exact) mass is 300 g/mol. The van der Waals surface area contributed by atoms with E-state index < -0.39 is 0 Å². The lowest BCUT2D eigenvalue weighted by Gasteiger charge is -2.02. The predicted molar refractivity (Wildman–Crippen MR) is 83.6 cm³/mol. The molecule has 0 aliphatic carbocycles. The number of hydrogen-bond donors (Lipinski definition) is 1. The molecule has 0 unspecified atom stereocenters. The van der Waals surface area contributed by atoms with Gasteiger partial charge in [0.25, 0.3) is 5.91 Å². The highest BCUT2D eigenvalue weighted by Gasteiger charge is 2.12. The number of nitrogens with zero attached hydrogens (tertiary/aromatic N) is 3. The molecule has 3 rings (SSSR count). The maximum atomic E-state index is 12.1. The average molecular weight is 300 g/mol. The standard InChI is InChI=1S/C15H16N4OS/c1-10-11(9-19(2)18-10)15(20)16-8-7-14-17-12-5-3-4-6-13(12)21-14/h3-6,9H,7-8H2,1-2H3,(H,16,20). The van der Waals surface area contributed by atoms with Crippen molar-refractivity contribution in [3.8, 4) is 0 Å². The van der Waals surface area contributed by atoms with Crippen molar-refractivity contribution < 1.29 is 4.79 Å². The zero-order valence-corrected chi connectivity index (χ0v) is 12.8. The Morgan fingerprint density at radius 1 is 1.38 bits per heavy atom. The van der Waals surface area contributed by atoms with Crippen LogP contribution in [-0.4, -0.2) is 27.2 Å². The molecule has 0 aliphatic rings. The number of fused-ring (bicyclic) bond motifs is 1. The van der Waals surface area contributed by atoms with Gasteiger partial charge in [-0.05, 0) is 19.1 Å². The normalized spacial score (nSPS) is 11.0. The van der Waals surface area contributed by atoms with Crippen LogP contribution in [0.4, 0.5) is 0 Å². The summed E-state index contributed by atoms with van der Waals surface area (Å²) in [6.45, 7) is 2.41. The highest BCUT2D eigenvalue weighted by Crippen LogP contribution is 2.21. The van der Waals surface area contributed by atoms with Gasteiger partial charge in [0.1, 0.15) is 0 Å². The van der Waals surface area contributed by atoms with Gasteiger partial charge in [0.05, 0.1) is 26.5 Å². The quantitative estimate of drug-likeness (QED) is 0.804. The summed E-state index contributed by atoms with van der Waals surface area (Å²) in [6.07, 6.45) is 2.48. The predicted octanol–water partition coefficient (Wildman–Crippen LogP) is 2.31. The minimum Gasteiger partial charge on any atom is -0.352 e. The second kappa shape index (κ2) is 5.65. The summed E-state index contributed by atoms with van der Waals surface area (Å²) in [5.74, 6) is -0.0817. The molecule has 3 aromatic rings. The fraction of sp³-hybridized carbons (Fsp3) is 0.267. The smallest absolute Gasteiger partial charge is 0.254 e. The number of hydrogen-bond acceptors (Lipinski definition) is 4. The fourth-order valence-corrected chi connectivity index (χ4v) is 3.19. The molecule has 0 saturated heterocycles. The van der Waals surface area contributed by atoms with E-state index in [2.05, 4.69) is 21.5 Å². The molecule has 0 aliphatic heterocycles. The minimum absolute atomic E-state index is 0.0817. The molecule has 2 aromatic heterocycles. The van der Waals surface area contributed by atoms with E-state index in [1.54, 1.807) is 22.2 Å². The third-order valence-corrected chi connectivity index (χ3v) is 4.32. The van der Waals surface area contributed by atoms with Gasteiger partial charge in [-0.15, -0.1) is 11.3 Å². The van der Waals surface area contributed by atoms with Crippen molar-refractivity contribution >= 4 is 27.5 Å². The zero-order chi connectivity index (χ0) is 14.8. The van der Waals surface area contributed by atoms with Crippen LogP contribution in [0.3, 0.4) is 0 Å². The lowest BCUT2D eigenvalue weighted by molar-refractivity contribution is 0.0953. The number of thiazole rings is 1. The van der Waals surface area contributed by atoms with E-state index in [4.69, 9.17) is 0 Å². The Morgan fingerprint density at radius 3 is 2.90 bits per heavy atom. The largest absolute Gasteiger partial charge is 0.352 e. The van der Waals surface area contributed by atoms with Gasteiger partial charge in [0.2, 0.25) is 0 Å². The lowest BCUT2D eigenvalue weighted by atomic mass is 10.2. The summed E-state index contributed by atoms with van der Waals surface area (Å²) < 4.78 is 2.83. The summed E-state index contributed by atoms with van der Waals surface area (Å²) in [6, 6.07) is 8.07. The zero-order valence-electron chi connectivity index (χ0n) is 12.0. The van der Waals surface area contributed by atoms with Crippen molar-refractivity contribution in [3.05, 3.63) is 46.7 Å². The Kier molecular flexibility index (Phi) is 3.70. The first-order valence-corrected chi connectivity index (χ1v) is 7.58. The van der Waals surface area contributed by atoms with E-state index in [0.717, 1.165) is 22.6 Å². The molecule has 0 bridgehead atoms. The molecule has 1 amide bonds. The van der Waals surface area contributed by atoms with Gasteiger partial charge in [-0.25, -0.2) is 4.98 Å². The van der Waals surface area contributed by atoms with Gasteiger partial charge < -0.3 is 5.32 Å². The van der Waals surface area contributed by atoms with Crippen molar-refractivity contribution in [1.29, 1.82) is 0 Å². The molecule has 1 aromatic carbocycles. The van der Waals surface area contributed by atoms with Gasteiger partial charge in [-0.3, -0.25) is 9.48 Å². The van der Waals surface area contributed by atoms with Crippen molar-refractivity contribution in [1.82, 2.24) is 20.1 Å². The molecule has 1 N–H and O–H groups in total. The van der Waals surface area contributed by atoms with Crippen LogP contribution in [0.2, 0.25) is 0 Å². The maximum Gasteiger partial charge on any atom is 0.254 e. The summed E-state index contributed by atoms with van der Waals surface area (Å²) in [7, 11) is 1.81. The van der Waals surface area contributed by atoms with Gasteiger partial charge in [-0.1, -0.05) is 12.1 Å². The van der Waals surface area contributed by atoms with Gasteiger partial charge in [0, 0.05) is 26.2 Å². The topological polar surface area (TPSA) is 59.8 Å². The van der Waals surface area contributed by atoms with Crippen molar-refractivity contribution in [2.75, 3.05) is 6.54 Å². The van der Waals surface area contributed by atoms with Gasteiger partial charge in [-0.2, -0.15) is 5.10 Å². The molecule has 108 valence electrons. The summed E-state index contributed by atoms with van der Waals surface area (Å²) in [4.78, 5) is 16.6. The number of para-hydroxylation sites is 1. The number of rotatable bonds is 4. The van der Waals surface area contributed by atoms with Crippen molar-refractivity contribution in [2.45, 2.75) is 13.3 Å². The van der Waals surface area contributed by atoms with E-state index in [0.29, 0.717) is 12.1 Å². The molecule has 0 atom stereocenters. The van der Waals surface area contributed by atoms with Crippen LogP contribution < -0.4 is 5.32 Å². The van der Waals surface area contributed by atoms with Crippen molar-refractivity contribution in [2.24, 2.45) is 7.05 Å². The number of benzene rings is 1. The van der Waals surface area contributed by atoms with Crippen LogP contribution in [0.15, 0.2) is 30.5 Å². The molecule has 2 heterocycles. The Balaban J connectivity index is 1.60. The third kappa shape index (κ3) is 2.95. The minimum atomic E-state index is -0.0817. The Morgan fingerprint density at radius 2 is 2.19 bits per heavy atom. The average Bonchev–Trinajstić information content (AvgIpc) is 3.01. The summed E-state index contributed by atoms with van der Waals surface area (Å²) in [5.41, 5.74) is 2.39. The Labute approximate surface area is 126 Å². The summed E-state index contributed by atoms with van der Waals surface area (Å²) >= 11 is 1.67. The molecule has 0 fully saturated rings. The first kappa shape index (κ1) is 13.8. The molecule has 0 spiro atoms. The van der Waals surface area contributed by atoms with Crippen molar-refractivity contribution in [3.63, 3.8) is 0 Å². The SMILES string of the molecule is Cc1nn(C)cc1C(=O)NCCc1nc2ccccc2s1. The van der Waals surface area contributed by atoms with Gasteiger partial charge in [0.15, 0.2) is 0 Å². The van der Waals surface area contributed by atoms with E-state index >= 15 is 0 Å². The Hall–Kier alpha value is -2.21.